The molecule has 3 nitrogen and oxygen atoms in total. The summed E-state index contributed by atoms with van der Waals surface area (Å²) in [6.45, 7) is 3.61. The predicted molar refractivity (Wildman–Crippen MR) is 43.8 cm³/mol. The van der Waals surface area contributed by atoms with Crippen LogP contribution < -0.4 is 5.73 Å². The second-order valence-corrected chi connectivity index (χ2v) is 2.30. The fourth-order valence-electron chi connectivity index (χ4n) is 0.818. The van der Waals surface area contributed by atoms with Crippen LogP contribution in [-0.4, -0.2) is 9.97 Å². The lowest BCUT2D eigenvalue weighted by atomic mass is 10.1. The van der Waals surface area contributed by atoms with E-state index in [-0.39, 0.29) is 6.04 Å². The normalized spacial score (nSPS) is 12.5. The Kier molecular flexibility index (Phi) is 2.74. The molecule has 0 radical (unpaired) electrons. The van der Waals surface area contributed by atoms with E-state index in [4.69, 9.17) is 5.73 Å². The fourth-order valence-corrected chi connectivity index (χ4v) is 0.818. The van der Waals surface area contributed by atoms with Gasteiger partial charge in [0.1, 0.15) is 6.33 Å². The Morgan fingerprint density at radius 3 is 2.73 bits per heavy atom. The monoisotopic (exact) mass is 149 g/mol. The van der Waals surface area contributed by atoms with Gasteiger partial charge >= 0.3 is 0 Å². The quantitative estimate of drug-likeness (QED) is 0.653. The first-order valence-corrected chi connectivity index (χ1v) is 3.46. The summed E-state index contributed by atoms with van der Waals surface area (Å²) in [6, 6.07) is -0.0197. The molecule has 0 fully saturated rings. The van der Waals surface area contributed by atoms with Crippen molar-refractivity contribution in [2.24, 2.45) is 5.73 Å². The number of rotatable bonds is 3. The molecule has 0 aliphatic heterocycles. The largest absolute Gasteiger partial charge is 0.324 e. The first-order chi connectivity index (χ1) is 5.34. The summed E-state index contributed by atoms with van der Waals surface area (Å²) < 4.78 is 0. The van der Waals surface area contributed by atoms with Crippen molar-refractivity contribution >= 4 is 0 Å². The van der Waals surface area contributed by atoms with E-state index in [1.165, 1.54) is 6.33 Å². The van der Waals surface area contributed by atoms with Gasteiger partial charge in [-0.05, 0) is 6.42 Å². The maximum Gasteiger partial charge on any atom is 0.115 e. The Hall–Kier alpha value is -1.22. The van der Waals surface area contributed by atoms with Crippen LogP contribution in [0.1, 0.15) is 18.0 Å². The molecule has 0 saturated heterocycles. The van der Waals surface area contributed by atoms with Crippen LogP contribution in [0.3, 0.4) is 0 Å². The topological polar surface area (TPSA) is 51.8 Å². The van der Waals surface area contributed by atoms with E-state index in [1.54, 1.807) is 18.5 Å². The maximum absolute atomic E-state index is 5.75. The van der Waals surface area contributed by atoms with Crippen molar-refractivity contribution in [3.8, 4) is 0 Å². The highest BCUT2D eigenvalue weighted by Gasteiger charge is 2.02. The zero-order valence-electron chi connectivity index (χ0n) is 6.27. The SMILES string of the molecule is C=CCC(N)c1cncnc1. The van der Waals surface area contributed by atoms with Crippen molar-refractivity contribution in [2.75, 3.05) is 0 Å². The molecule has 0 spiro atoms. The van der Waals surface area contributed by atoms with Gasteiger partial charge in [0, 0.05) is 24.0 Å². The van der Waals surface area contributed by atoms with Gasteiger partial charge in [-0.2, -0.15) is 0 Å². The van der Waals surface area contributed by atoms with Gasteiger partial charge in [0.05, 0.1) is 0 Å². The summed E-state index contributed by atoms with van der Waals surface area (Å²) in [4.78, 5) is 7.73. The van der Waals surface area contributed by atoms with Crippen LogP contribution in [0, 0.1) is 0 Å². The summed E-state index contributed by atoms with van der Waals surface area (Å²) in [5.41, 5.74) is 6.71. The van der Waals surface area contributed by atoms with Crippen LogP contribution in [0.2, 0.25) is 0 Å². The molecule has 0 aliphatic carbocycles. The van der Waals surface area contributed by atoms with Crippen LogP contribution in [0.5, 0.6) is 0 Å². The second kappa shape index (κ2) is 3.83. The van der Waals surface area contributed by atoms with Crippen LogP contribution in [0.15, 0.2) is 31.4 Å². The maximum atomic E-state index is 5.75. The van der Waals surface area contributed by atoms with Gasteiger partial charge < -0.3 is 5.73 Å². The number of nitrogens with zero attached hydrogens (tertiary/aromatic N) is 2. The highest BCUT2D eigenvalue weighted by atomic mass is 14.8. The standard InChI is InChI=1S/C8H11N3/c1-2-3-8(9)7-4-10-6-11-5-7/h2,4-6,8H,1,3,9H2. The first kappa shape index (κ1) is 7.88. The zero-order valence-corrected chi connectivity index (χ0v) is 6.27. The molecule has 58 valence electrons. The Morgan fingerprint density at radius 1 is 1.55 bits per heavy atom. The summed E-state index contributed by atoms with van der Waals surface area (Å²) in [5, 5.41) is 0. The van der Waals surface area contributed by atoms with Crippen LogP contribution in [0.25, 0.3) is 0 Å². The van der Waals surface area contributed by atoms with Gasteiger partial charge in [-0.25, -0.2) is 9.97 Å². The number of hydrogen-bond acceptors (Lipinski definition) is 3. The molecule has 1 rings (SSSR count). The summed E-state index contributed by atoms with van der Waals surface area (Å²) in [6.07, 6.45) is 7.48. The third-order valence-electron chi connectivity index (χ3n) is 1.43. The molecular formula is C8H11N3. The summed E-state index contributed by atoms with van der Waals surface area (Å²) in [5.74, 6) is 0. The van der Waals surface area contributed by atoms with E-state index >= 15 is 0 Å². The molecule has 2 N–H and O–H groups in total. The van der Waals surface area contributed by atoms with Crippen LogP contribution in [-0.2, 0) is 0 Å². The zero-order chi connectivity index (χ0) is 8.10. The minimum Gasteiger partial charge on any atom is -0.324 e. The number of aromatic nitrogens is 2. The molecule has 1 aromatic heterocycles. The Labute approximate surface area is 66.0 Å². The van der Waals surface area contributed by atoms with Crippen molar-refractivity contribution in [1.29, 1.82) is 0 Å². The van der Waals surface area contributed by atoms with E-state index in [9.17, 15) is 0 Å². The minimum absolute atomic E-state index is 0.0197. The van der Waals surface area contributed by atoms with Crippen molar-refractivity contribution in [3.05, 3.63) is 36.9 Å². The molecule has 1 heterocycles. The lowest BCUT2D eigenvalue weighted by Crippen LogP contribution is -2.09. The molecule has 3 heteroatoms. The lowest BCUT2D eigenvalue weighted by molar-refractivity contribution is 0.731. The van der Waals surface area contributed by atoms with Gasteiger partial charge in [-0.15, -0.1) is 6.58 Å². The Balaban J connectivity index is 2.68. The van der Waals surface area contributed by atoms with Gasteiger partial charge in [0.2, 0.25) is 0 Å². The predicted octanol–water partition coefficient (Wildman–Crippen LogP) is 1.05. The van der Waals surface area contributed by atoms with Crippen molar-refractivity contribution in [1.82, 2.24) is 9.97 Å². The van der Waals surface area contributed by atoms with Crippen molar-refractivity contribution in [3.63, 3.8) is 0 Å². The fraction of sp³-hybridized carbons (Fsp3) is 0.250. The average molecular weight is 149 g/mol. The van der Waals surface area contributed by atoms with E-state index in [1.807, 2.05) is 0 Å². The van der Waals surface area contributed by atoms with Crippen LogP contribution in [0.4, 0.5) is 0 Å². The average Bonchev–Trinajstić information content (AvgIpc) is 2.07. The van der Waals surface area contributed by atoms with Gasteiger partial charge in [0.15, 0.2) is 0 Å². The molecule has 1 aromatic rings. The lowest BCUT2D eigenvalue weighted by Gasteiger charge is -2.06. The first-order valence-electron chi connectivity index (χ1n) is 3.46. The number of nitrogens with two attached hydrogens (primary N) is 1. The van der Waals surface area contributed by atoms with E-state index in [0.29, 0.717) is 0 Å². The summed E-state index contributed by atoms with van der Waals surface area (Å²) in [7, 11) is 0. The van der Waals surface area contributed by atoms with E-state index < -0.39 is 0 Å². The second-order valence-electron chi connectivity index (χ2n) is 2.30. The molecule has 0 amide bonds. The molecule has 0 aromatic carbocycles. The third kappa shape index (κ3) is 2.13. The van der Waals surface area contributed by atoms with Crippen molar-refractivity contribution in [2.45, 2.75) is 12.5 Å². The van der Waals surface area contributed by atoms with Crippen LogP contribution >= 0.6 is 0 Å². The number of hydrogen-bond donors (Lipinski definition) is 1. The molecule has 0 bridgehead atoms. The highest BCUT2D eigenvalue weighted by molar-refractivity contribution is 5.09. The van der Waals surface area contributed by atoms with Crippen molar-refractivity contribution < 1.29 is 0 Å². The van der Waals surface area contributed by atoms with Gasteiger partial charge in [-0.1, -0.05) is 6.08 Å². The Bertz CT molecular complexity index is 220. The molecule has 0 saturated carbocycles. The van der Waals surface area contributed by atoms with Gasteiger partial charge in [0.25, 0.3) is 0 Å². The molecule has 1 atom stereocenters. The minimum atomic E-state index is -0.0197. The third-order valence-corrected chi connectivity index (χ3v) is 1.43. The molecular weight excluding hydrogens is 138 g/mol. The smallest absolute Gasteiger partial charge is 0.115 e. The molecule has 1 unspecified atom stereocenters. The Morgan fingerprint density at radius 2 is 2.18 bits per heavy atom. The van der Waals surface area contributed by atoms with E-state index in [0.717, 1.165) is 12.0 Å². The molecule has 0 aliphatic rings. The molecule has 11 heavy (non-hydrogen) atoms. The van der Waals surface area contributed by atoms with E-state index in [2.05, 4.69) is 16.5 Å². The van der Waals surface area contributed by atoms with Gasteiger partial charge in [-0.3, -0.25) is 0 Å². The highest BCUT2D eigenvalue weighted by Crippen LogP contribution is 2.10. The summed E-state index contributed by atoms with van der Waals surface area (Å²) >= 11 is 0.